The summed E-state index contributed by atoms with van der Waals surface area (Å²) in [6.45, 7) is 0. The second kappa shape index (κ2) is 3.02. The van der Waals surface area contributed by atoms with Crippen molar-refractivity contribution in [2.24, 2.45) is 0 Å². The van der Waals surface area contributed by atoms with E-state index in [0.29, 0.717) is 0 Å². The van der Waals surface area contributed by atoms with Crippen LogP contribution in [0.1, 0.15) is 10.9 Å². The summed E-state index contributed by atoms with van der Waals surface area (Å²) in [6, 6.07) is 7.39. The van der Waals surface area contributed by atoms with Crippen molar-refractivity contribution in [2.75, 3.05) is 0 Å². The second-order valence-corrected chi connectivity index (χ2v) is 5.33. The van der Waals surface area contributed by atoms with Crippen LogP contribution in [0.4, 0.5) is 0 Å². The van der Waals surface area contributed by atoms with Gasteiger partial charge in [0, 0.05) is 4.90 Å². The molecule has 0 aromatic heterocycles. The van der Waals surface area contributed by atoms with E-state index < -0.39 is 15.5 Å². The molecular formula is C8H6Cl2OS. The molecule has 12 heavy (non-hydrogen) atoms. The molecule has 0 saturated heterocycles. The number of hydrogen-bond acceptors (Lipinski definition) is 1. The van der Waals surface area contributed by atoms with E-state index in [1.807, 2.05) is 24.3 Å². The van der Waals surface area contributed by atoms with Gasteiger partial charge in [0.05, 0.1) is 16.2 Å². The SMILES string of the molecule is O=[S@]1c2ccccc2[C@H](Cl)[C@@H]1Cl. The molecule has 0 spiro atoms. The Morgan fingerprint density at radius 2 is 1.92 bits per heavy atom. The third-order valence-corrected chi connectivity index (χ3v) is 4.86. The van der Waals surface area contributed by atoms with Crippen LogP contribution in [0.3, 0.4) is 0 Å². The summed E-state index contributed by atoms with van der Waals surface area (Å²) in [6.07, 6.45) is 0. The van der Waals surface area contributed by atoms with Gasteiger partial charge in [0.2, 0.25) is 0 Å². The minimum Gasteiger partial charge on any atom is -0.253 e. The van der Waals surface area contributed by atoms with E-state index in [1.54, 1.807) is 0 Å². The summed E-state index contributed by atoms with van der Waals surface area (Å²) in [5, 5.41) is -0.316. The highest BCUT2D eigenvalue weighted by Crippen LogP contribution is 2.42. The topological polar surface area (TPSA) is 17.1 Å². The van der Waals surface area contributed by atoms with Crippen molar-refractivity contribution in [1.82, 2.24) is 0 Å². The lowest BCUT2D eigenvalue weighted by atomic mass is 10.2. The molecule has 2 rings (SSSR count). The van der Waals surface area contributed by atoms with Crippen LogP contribution < -0.4 is 0 Å². The molecule has 0 amide bonds. The quantitative estimate of drug-likeness (QED) is 0.615. The highest BCUT2D eigenvalue weighted by Gasteiger charge is 2.35. The van der Waals surface area contributed by atoms with Crippen LogP contribution >= 0.6 is 23.2 Å². The van der Waals surface area contributed by atoms with Gasteiger partial charge < -0.3 is 0 Å². The fraction of sp³-hybridized carbons (Fsp3) is 0.250. The van der Waals surface area contributed by atoms with E-state index in [2.05, 4.69) is 0 Å². The van der Waals surface area contributed by atoms with Crippen LogP contribution in [0.25, 0.3) is 0 Å². The predicted molar refractivity (Wildman–Crippen MR) is 51.1 cm³/mol. The Kier molecular flexibility index (Phi) is 2.15. The molecule has 1 aliphatic heterocycles. The smallest absolute Gasteiger partial charge is 0.134 e. The van der Waals surface area contributed by atoms with Crippen molar-refractivity contribution < 1.29 is 4.21 Å². The zero-order valence-electron chi connectivity index (χ0n) is 6.04. The van der Waals surface area contributed by atoms with Crippen molar-refractivity contribution in [2.45, 2.75) is 15.0 Å². The minimum absolute atomic E-state index is 0.316. The number of alkyl halides is 2. The van der Waals surface area contributed by atoms with E-state index in [4.69, 9.17) is 23.2 Å². The summed E-state index contributed by atoms with van der Waals surface area (Å²) in [5.41, 5.74) is 0.900. The molecule has 1 aromatic carbocycles. The first-order chi connectivity index (χ1) is 5.72. The van der Waals surface area contributed by atoms with Gasteiger partial charge in [-0.05, 0) is 11.6 Å². The Balaban J connectivity index is 2.59. The zero-order chi connectivity index (χ0) is 8.72. The Hall–Kier alpha value is -0.0500. The van der Waals surface area contributed by atoms with E-state index in [0.717, 1.165) is 10.5 Å². The van der Waals surface area contributed by atoms with Gasteiger partial charge in [0.25, 0.3) is 0 Å². The Morgan fingerprint density at radius 1 is 1.25 bits per heavy atom. The monoisotopic (exact) mass is 220 g/mol. The standard InChI is InChI=1S/C8H6Cl2OS/c9-7-5-3-1-2-4-6(5)12(11)8(7)10/h1-4,7-8H/t7-,8+,12-/m0/s1. The normalized spacial score (nSPS) is 33.3. The third kappa shape index (κ3) is 1.10. The summed E-state index contributed by atoms with van der Waals surface area (Å²) in [5.74, 6) is 0. The first-order valence-corrected chi connectivity index (χ1v) is 5.58. The molecule has 64 valence electrons. The lowest BCUT2D eigenvalue weighted by Gasteiger charge is -2.01. The van der Waals surface area contributed by atoms with Crippen LogP contribution in [-0.4, -0.2) is 8.92 Å². The van der Waals surface area contributed by atoms with E-state index in [-0.39, 0.29) is 5.38 Å². The van der Waals surface area contributed by atoms with E-state index in [1.165, 1.54) is 0 Å². The lowest BCUT2D eigenvalue weighted by molar-refractivity contribution is 0.683. The van der Waals surface area contributed by atoms with E-state index in [9.17, 15) is 4.21 Å². The molecule has 1 nitrogen and oxygen atoms in total. The lowest BCUT2D eigenvalue weighted by Crippen LogP contribution is -2.02. The molecule has 4 heteroatoms. The van der Waals surface area contributed by atoms with Crippen molar-refractivity contribution in [3.63, 3.8) is 0 Å². The molecule has 1 aromatic rings. The van der Waals surface area contributed by atoms with Gasteiger partial charge in [-0.25, -0.2) is 0 Å². The predicted octanol–water partition coefficient (Wildman–Crippen LogP) is 2.65. The maximum absolute atomic E-state index is 11.5. The van der Waals surface area contributed by atoms with Crippen molar-refractivity contribution in [3.8, 4) is 0 Å². The maximum Gasteiger partial charge on any atom is 0.134 e. The van der Waals surface area contributed by atoms with Gasteiger partial charge in [-0.1, -0.05) is 18.2 Å². The molecule has 0 N–H and O–H groups in total. The molecule has 3 atom stereocenters. The number of fused-ring (bicyclic) bond motifs is 1. The molecule has 0 unspecified atom stereocenters. The van der Waals surface area contributed by atoms with Gasteiger partial charge in [-0.15, -0.1) is 23.2 Å². The third-order valence-electron chi connectivity index (χ3n) is 1.87. The van der Waals surface area contributed by atoms with Crippen molar-refractivity contribution >= 4 is 34.0 Å². The number of rotatable bonds is 0. The number of halogens is 2. The van der Waals surface area contributed by atoms with E-state index >= 15 is 0 Å². The van der Waals surface area contributed by atoms with Gasteiger partial charge in [-0.3, -0.25) is 4.21 Å². The molecular weight excluding hydrogens is 215 g/mol. The summed E-state index contributed by atoms with van der Waals surface area (Å²) in [7, 11) is -1.14. The fourth-order valence-corrected chi connectivity index (χ4v) is 3.47. The molecule has 1 aliphatic rings. The van der Waals surface area contributed by atoms with Gasteiger partial charge >= 0.3 is 0 Å². The molecule has 1 heterocycles. The van der Waals surface area contributed by atoms with Crippen LogP contribution in [0.5, 0.6) is 0 Å². The average Bonchev–Trinajstić information content (AvgIpc) is 2.33. The molecule has 0 saturated carbocycles. The van der Waals surface area contributed by atoms with Gasteiger partial charge in [0.15, 0.2) is 0 Å². The van der Waals surface area contributed by atoms with Crippen molar-refractivity contribution in [1.29, 1.82) is 0 Å². The van der Waals surface area contributed by atoms with Crippen LogP contribution in [0, 0.1) is 0 Å². The first-order valence-electron chi connectivity index (χ1n) is 3.49. The summed E-state index contributed by atoms with van der Waals surface area (Å²) < 4.78 is 11.0. The van der Waals surface area contributed by atoms with Gasteiger partial charge in [-0.2, -0.15) is 0 Å². The van der Waals surface area contributed by atoms with Crippen LogP contribution in [0.15, 0.2) is 29.2 Å². The van der Waals surface area contributed by atoms with Crippen LogP contribution in [-0.2, 0) is 10.8 Å². The second-order valence-electron chi connectivity index (χ2n) is 2.59. The summed E-state index contributed by atoms with van der Waals surface area (Å²) >= 11 is 11.8. The minimum atomic E-state index is -1.14. The Labute approximate surface area is 83.1 Å². The molecule has 0 bridgehead atoms. The van der Waals surface area contributed by atoms with Crippen molar-refractivity contribution in [3.05, 3.63) is 29.8 Å². The highest BCUT2D eigenvalue weighted by molar-refractivity contribution is 7.87. The first kappa shape index (κ1) is 8.54. The number of benzene rings is 1. The van der Waals surface area contributed by atoms with Crippen LogP contribution in [0.2, 0.25) is 0 Å². The fourth-order valence-electron chi connectivity index (χ4n) is 1.26. The zero-order valence-corrected chi connectivity index (χ0v) is 8.36. The number of hydrogen-bond donors (Lipinski definition) is 0. The molecule has 0 fully saturated rings. The average molecular weight is 221 g/mol. The highest BCUT2D eigenvalue weighted by atomic mass is 35.5. The Bertz CT molecular complexity index is 340. The van der Waals surface area contributed by atoms with Gasteiger partial charge in [0.1, 0.15) is 4.71 Å². The molecule has 0 aliphatic carbocycles. The Morgan fingerprint density at radius 3 is 2.58 bits per heavy atom. The molecule has 0 radical (unpaired) electrons. The maximum atomic E-state index is 11.5. The summed E-state index contributed by atoms with van der Waals surface area (Å²) in [4.78, 5) is 0.775. The largest absolute Gasteiger partial charge is 0.253 e.